The van der Waals surface area contributed by atoms with Gasteiger partial charge in [0.05, 0.1) is 13.2 Å². The highest BCUT2D eigenvalue weighted by Gasteiger charge is 2.34. The van der Waals surface area contributed by atoms with Crippen molar-refractivity contribution in [3.63, 3.8) is 0 Å². The number of likely N-dealkylation sites (tertiary alicyclic amines) is 1. The molecule has 2 aliphatic rings. The lowest BCUT2D eigenvalue weighted by Gasteiger charge is -2.46. The van der Waals surface area contributed by atoms with E-state index in [2.05, 4.69) is 84.7 Å². The summed E-state index contributed by atoms with van der Waals surface area (Å²) >= 11 is 0. The molecule has 4 nitrogen and oxygen atoms in total. The Morgan fingerprint density at radius 3 is 1.67 bits per heavy atom. The predicted molar refractivity (Wildman–Crippen MR) is 140 cm³/mol. The van der Waals surface area contributed by atoms with Gasteiger partial charge < -0.3 is 9.64 Å². The molecule has 0 radical (unpaired) electrons. The van der Waals surface area contributed by atoms with Crippen molar-refractivity contribution >= 4 is 5.91 Å². The molecule has 0 atom stereocenters. The average molecular weight is 453 g/mol. The SMILES string of the molecule is CC/C=C\C/C=C\C/C=C\C/C=C\C/C=C\C/C=C\CCC(=O)N1CC(N2CCOCC2)C1. The number of carbonyl (C=O) groups is 1. The van der Waals surface area contributed by atoms with Gasteiger partial charge in [0.1, 0.15) is 0 Å². The van der Waals surface area contributed by atoms with Crippen LogP contribution in [0.4, 0.5) is 0 Å². The quantitative estimate of drug-likeness (QED) is 0.285. The average Bonchev–Trinajstić information content (AvgIpc) is 2.80. The van der Waals surface area contributed by atoms with E-state index in [9.17, 15) is 4.79 Å². The molecule has 2 rings (SSSR count). The van der Waals surface area contributed by atoms with Crippen molar-refractivity contribution in [2.24, 2.45) is 0 Å². The van der Waals surface area contributed by atoms with E-state index in [4.69, 9.17) is 4.74 Å². The number of ether oxygens (including phenoxy) is 1. The van der Waals surface area contributed by atoms with Crippen molar-refractivity contribution in [3.05, 3.63) is 72.9 Å². The zero-order chi connectivity index (χ0) is 23.4. The van der Waals surface area contributed by atoms with E-state index in [1.807, 2.05) is 4.90 Å². The molecule has 0 aromatic heterocycles. The van der Waals surface area contributed by atoms with Gasteiger partial charge in [0, 0.05) is 38.6 Å². The molecule has 0 aliphatic carbocycles. The molecule has 2 heterocycles. The molecular formula is C29H44N2O2. The third-order valence-electron chi connectivity index (χ3n) is 5.90. The molecular weight excluding hydrogens is 408 g/mol. The van der Waals surface area contributed by atoms with Gasteiger partial charge in [-0.05, 0) is 44.9 Å². The third-order valence-corrected chi connectivity index (χ3v) is 5.90. The topological polar surface area (TPSA) is 32.8 Å². The maximum absolute atomic E-state index is 12.3. The van der Waals surface area contributed by atoms with Crippen LogP contribution < -0.4 is 0 Å². The first-order valence-corrected chi connectivity index (χ1v) is 12.8. The van der Waals surface area contributed by atoms with Crippen LogP contribution in [0, 0.1) is 0 Å². The summed E-state index contributed by atoms with van der Waals surface area (Å²) in [6, 6.07) is 0.545. The number of carbonyl (C=O) groups excluding carboxylic acids is 1. The smallest absolute Gasteiger partial charge is 0.222 e. The second kappa shape index (κ2) is 18.3. The van der Waals surface area contributed by atoms with Gasteiger partial charge in [-0.3, -0.25) is 9.69 Å². The normalized spacial score (nSPS) is 18.9. The zero-order valence-corrected chi connectivity index (χ0v) is 20.6. The molecule has 2 aliphatic heterocycles. The Hall–Kier alpha value is -2.17. The summed E-state index contributed by atoms with van der Waals surface area (Å²) in [5.74, 6) is 0.291. The van der Waals surface area contributed by atoms with Gasteiger partial charge in [-0.15, -0.1) is 0 Å². The predicted octanol–water partition coefficient (Wildman–Crippen LogP) is 6.01. The van der Waals surface area contributed by atoms with Crippen molar-refractivity contribution in [1.82, 2.24) is 9.80 Å². The first kappa shape index (κ1) is 27.1. The molecule has 2 saturated heterocycles. The Morgan fingerprint density at radius 2 is 1.18 bits per heavy atom. The van der Waals surface area contributed by atoms with Crippen LogP contribution in [0.2, 0.25) is 0 Å². The summed E-state index contributed by atoms with van der Waals surface area (Å²) in [6.45, 7) is 7.60. The van der Waals surface area contributed by atoms with E-state index in [1.54, 1.807) is 0 Å². The molecule has 0 unspecified atom stereocenters. The molecule has 0 N–H and O–H groups in total. The highest BCUT2D eigenvalue weighted by atomic mass is 16.5. The van der Waals surface area contributed by atoms with Gasteiger partial charge in [0.2, 0.25) is 5.91 Å². The number of morpholine rings is 1. The molecule has 0 spiro atoms. The number of allylic oxidation sites excluding steroid dienone is 12. The van der Waals surface area contributed by atoms with Gasteiger partial charge in [-0.25, -0.2) is 0 Å². The van der Waals surface area contributed by atoms with Gasteiger partial charge in [0.15, 0.2) is 0 Å². The fraction of sp³-hybridized carbons (Fsp3) is 0.552. The second-order valence-corrected chi connectivity index (χ2v) is 8.55. The monoisotopic (exact) mass is 452 g/mol. The molecule has 4 heteroatoms. The van der Waals surface area contributed by atoms with Crippen LogP contribution in [0.3, 0.4) is 0 Å². The van der Waals surface area contributed by atoms with E-state index in [0.717, 1.165) is 84.3 Å². The van der Waals surface area contributed by atoms with E-state index >= 15 is 0 Å². The lowest BCUT2D eigenvalue weighted by atomic mass is 10.1. The van der Waals surface area contributed by atoms with Crippen LogP contribution in [0.15, 0.2) is 72.9 Å². The Balaban J connectivity index is 1.40. The minimum absolute atomic E-state index is 0.291. The third kappa shape index (κ3) is 12.6. The number of hydrogen-bond acceptors (Lipinski definition) is 3. The Bertz CT molecular complexity index is 690. The molecule has 0 aromatic carbocycles. The Kier molecular flexibility index (Phi) is 15.0. The van der Waals surface area contributed by atoms with Crippen LogP contribution in [0.5, 0.6) is 0 Å². The standard InChI is InChI=1S/C29H44N2O2/c1-2-3-4-5-6-7-8-9-10-11-12-13-14-15-16-17-18-19-20-21-29(32)31-26-28(27-31)30-22-24-33-25-23-30/h3-4,6-7,9-10,12-13,15-16,18-19,28H,2,5,8,11,14,17,20-27H2,1H3/b4-3-,7-6-,10-9-,13-12-,16-15-,19-18-. The van der Waals surface area contributed by atoms with E-state index in [1.165, 1.54) is 0 Å². The number of hydrogen-bond donors (Lipinski definition) is 0. The van der Waals surface area contributed by atoms with Gasteiger partial charge in [-0.1, -0.05) is 79.8 Å². The molecule has 2 fully saturated rings. The van der Waals surface area contributed by atoms with Crippen LogP contribution >= 0.6 is 0 Å². The Labute approximate surface area is 202 Å². The first-order chi connectivity index (χ1) is 16.3. The van der Waals surface area contributed by atoms with Crippen molar-refractivity contribution in [2.75, 3.05) is 39.4 Å². The maximum atomic E-state index is 12.3. The lowest BCUT2D eigenvalue weighted by molar-refractivity contribution is -0.139. The molecule has 0 saturated carbocycles. The van der Waals surface area contributed by atoms with Crippen LogP contribution in [0.25, 0.3) is 0 Å². The maximum Gasteiger partial charge on any atom is 0.222 e. The summed E-state index contributed by atoms with van der Waals surface area (Å²) in [7, 11) is 0. The van der Waals surface area contributed by atoms with E-state index < -0.39 is 0 Å². The number of rotatable bonds is 15. The zero-order valence-electron chi connectivity index (χ0n) is 20.6. The van der Waals surface area contributed by atoms with Gasteiger partial charge in [-0.2, -0.15) is 0 Å². The van der Waals surface area contributed by atoms with Crippen LogP contribution in [-0.2, 0) is 9.53 Å². The summed E-state index contributed by atoms with van der Waals surface area (Å²) in [5.41, 5.74) is 0. The highest BCUT2D eigenvalue weighted by molar-refractivity contribution is 5.77. The van der Waals surface area contributed by atoms with E-state index in [0.29, 0.717) is 18.4 Å². The number of nitrogens with zero attached hydrogens (tertiary/aromatic N) is 2. The highest BCUT2D eigenvalue weighted by Crippen LogP contribution is 2.17. The summed E-state index contributed by atoms with van der Waals surface area (Å²) in [5, 5.41) is 0. The van der Waals surface area contributed by atoms with Crippen LogP contribution in [0.1, 0.15) is 58.3 Å². The van der Waals surface area contributed by atoms with Gasteiger partial charge in [0.25, 0.3) is 0 Å². The van der Waals surface area contributed by atoms with Crippen molar-refractivity contribution < 1.29 is 9.53 Å². The largest absolute Gasteiger partial charge is 0.379 e. The molecule has 1 amide bonds. The fourth-order valence-corrected chi connectivity index (χ4v) is 3.84. The van der Waals surface area contributed by atoms with Crippen molar-refractivity contribution in [1.29, 1.82) is 0 Å². The lowest BCUT2D eigenvalue weighted by Crippen LogP contribution is -2.62. The fourth-order valence-electron chi connectivity index (χ4n) is 3.84. The first-order valence-electron chi connectivity index (χ1n) is 12.8. The van der Waals surface area contributed by atoms with Crippen molar-refractivity contribution in [2.45, 2.75) is 64.3 Å². The molecule has 0 bridgehead atoms. The van der Waals surface area contributed by atoms with Crippen LogP contribution in [-0.4, -0.2) is 61.1 Å². The minimum atomic E-state index is 0.291. The second-order valence-electron chi connectivity index (χ2n) is 8.55. The summed E-state index contributed by atoms with van der Waals surface area (Å²) < 4.78 is 5.40. The summed E-state index contributed by atoms with van der Waals surface area (Å²) in [4.78, 5) is 16.7. The summed E-state index contributed by atoms with van der Waals surface area (Å²) in [6.07, 6.45) is 34.0. The molecule has 182 valence electrons. The van der Waals surface area contributed by atoms with Gasteiger partial charge >= 0.3 is 0 Å². The molecule has 33 heavy (non-hydrogen) atoms. The molecule has 0 aromatic rings. The van der Waals surface area contributed by atoms with E-state index in [-0.39, 0.29) is 0 Å². The van der Waals surface area contributed by atoms with Crippen molar-refractivity contribution in [3.8, 4) is 0 Å². The Morgan fingerprint density at radius 1 is 0.727 bits per heavy atom. The minimum Gasteiger partial charge on any atom is -0.379 e. The number of amides is 1.